The number of aromatic nitrogens is 1. The van der Waals surface area contributed by atoms with E-state index >= 15 is 0 Å². The molecular formula is C23H26ClFN2O4. The van der Waals surface area contributed by atoms with Crippen LogP contribution < -0.4 is 14.8 Å². The summed E-state index contributed by atoms with van der Waals surface area (Å²) in [6.07, 6.45) is 4.99. The van der Waals surface area contributed by atoms with Crippen molar-refractivity contribution in [2.45, 2.75) is 44.1 Å². The SMILES string of the molecule is C=CC1(Cl)CC(Oc2ccc(NC(=O)c3nccc(OC)c3O)c(F)c2)CC(C)(C)C1. The van der Waals surface area contributed by atoms with Gasteiger partial charge in [-0.3, -0.25) is 4.79 Å². The maximum absolute atomic E-state index is 14.7. The van der Waals surface area contributed by atoms with Crippen molar-refractivity contribution in [2.75, 3.05) is 12.4 Å². The zero-order valence-electron chi connectivity index (χ0n) is 17.7. The van der Waals surface area contributed by atoms with Crippen LogP contribution >= 0.6 is 11.6 Å². The Morgan fingerprint density at radius 3 is 2.77 bits per heavy atom. The molecule has 2 unspecified atom stereocenters. The molecule has 1 heterocycles. The number of carbonyl (C=O) groups excluding carboxylic acids is 1. The lowest BCUT2D eigenvalue weighted by Crippen LogP contribution is -2.42. The molecule has 0 bridgehead atoms. The number of nitrogens with zero attached hydrogens (tertiary/aromatic N) is 1. The summed E-state index contributed by atoms with van der Waals surface area (Å²) >= 11 is 6.66. The zero-order chi connectivity index (χ0) is 22.8. The van der Waals surface area contributed by atoms with Crippen LogP contribution in [0.2, 0.25) is 0 Å². The molecule has 1 aliphatic carbocycles. The zero-order valence-corrected chi connectivity index (χ0v) is 18.5. The number of allylic oxidation sites excluding steroid dienone is 1. The van der Waals surface area contributed by atoms with Crippen LogP contribution in [0.3, 0.4) is 0 Å². The number of rotatable bonds is 6. The van der Waals surface area contributed by atoms with Crippen molar-refractivity contribution in [1.82, 2.24) is 4.98 Å². The minimum Gasteiger partial charge on any atom is -0.503 e. The third kappa shape index (κ3) is 5.28. The fraction of sp³-hybridized carbons (Fsp3) is 0.391. The average Bonchev–Trinajstić information content (AvgIpc) is 2.68. The lowest BCUT2D eigenvalue weighted by molar-refractivity contribution is 0.0721. The minimum absolute atomic E-state index is 0.0446. The molecule has 2 aromatic rings. The van der Waals surface area contributed by atoms with E-state index in [2.05, 4.69) is 30.7 Å². The first-order valence-electron chi connectivity index (χ1n) is 9.88. The quantitative estimate of drug-likeness (QED) is 0.462. The predicted molar refractivity (Wildman–Crippen MR) is 118 cm³/mol. The summed E-state index contributed by atoms with van der Waals surface area (Å²) in [5, 5.41) is 12.5. The van der Waals surface area contributed by atoms with E-state index in [9.17, 15) is 14.3 Å². The summed E-state index contributed by atoms with van der Waals surface area (Å²) in [5.74, 6) is -1.44. The fourth-order valence-electron chi connectivity index (χ4n) is 4.06. The van der Waals surface area contributed by atoms with Gasteiger partial charge in [-0.2, -0.15) is 0 Å². The summed E-state index contributed by atoms with van der Waals surface area (Å²) in [6.45, 7) is 8.07. The number of amides is 1. The van der Waals surface area contributed by atoms with Crippen LogP contribution in [-0.4, -0.2) is 34.1 Å². The van der Waals surface area contributed by atoms with Gasteiger partial charge in [0.25, 0.3) is 5.91 Å². The van der Waals surface area contributed by atoms with Crippen molar-refractivity contribution in [3.8, 4) is 17.2 Å². The Labute approximate surface area is 186 Å². The number of ether oxygens (including phenoxy) is 2. The Bertz CT molecular complexity index is 998. The maximum atomic E-state index is 14.7. The first kappa shape index (κ1) is 22.9. The highest BCUT2D eigenvalue weighted by Gasteiger charge is 2.42. The van der Waals surface area contributed by atoms with E-state index in [0.29, 0.717) is 12.2 Å². The monoisotopic (exact) mass is 448 g/mol. The van der Waals surface area contributed by atoms with Gasteiger partial charge in [0.15, 0.2) is 17.2 Å². The highest BCUT2D eigenvalue weighted by atomic mass is 35.5. The van der Waals surface area contributed by atoms with Crippen LogP contribution in [0.1, 0.15) is 43.6 Å². The fourth-order valence-corrected chi connectivity index (χ4v) is 4.59. The van der Waals surface area contributed by atoms with Crippen LogP contribution in [0.5, 0.6) is 17.2 Å². The van der Waals surface area contributed by atoms with E-state index in [0.717, 1.165) is 12.8 Å². The molecule has 6 nitrogen and oxygen atoms in total. The second-order valence-corrected chi connectivity index (χ2v) is 9.29. The molecule has 8 heteroatoms. The summed E-state index contributed by atoms with van der Waals surface area (Å²) in [6, 6.07) is 5.59. The molecule has 0 radical (unpaired) electrons. The molecule has 31 heavy (non-hydrogen) atoms. The van der Waals surface area contributed by atoms with E-state index in [1.807, 2.05) is 0 Å². The number of aromatic hydroxyl groups is 1. The normalized spacial score (nSPS) is 22.4. The van der Waals surface area contributed by atoms with Gasteiger partial charge in [0.05, 0.1) is 17.7 Å². The average molecular weight is 449 g/mol. The Morgan fingerprint density at radius 2 is 2.13 bits per heavy atom. The third-order valence-electron chi connectivity index (χ3n) is 5.30. The number of alkyl halides is 1. The molecule has 3 rings (SSSR count). The van der Waals surface area contributed by atoms with Gasteiger partial charge in [-0.15, -0.1) is 18.2 Å². The number of anilines is 1. The summed E-state index contributed by atoms with van der Waals surface area (Å²) in [7, 11) is 1.35. The van der Waals surface area contributed by atoms with E-state index in [-0.39, 0.29) is 28.6 Å². The van der Waals surface area contributed by atoms with Crippen molar-refractivity contribution in [1.29, 1.82) is 0 Å². The molecule has 0 spiro atoms. The summed E-state index contributed by atoms with van der Waals surface area (Å²) in [4.78, 5) is 15.7. The lowest BCUT2D eigenvalue weighted by atomic mass is 9.70. The van der Waals surface area contributed by atoms with E-state index in [1.165, 1.54) is 31.5 Å². The Morgan fingerprint density at radius 1 is 1.39 bits per heavy atom. The van der Waals surface area contributed by atoms with Crippen molar-refractivity contribution in [2.24, 2.45) is 5.41 Å². The van der Waals surface area contributed by atoms with Crippen molar-refractivity contribution in [3.63, 3.8) is 0 Å². The van der Waals surface area contributed by atoms with Gasteiger partial charge in [-0.1, -0.05) is 19.9 Å². The van der Waals surface area contributed by atoms with Gasteiger partial charge < -0.3 is 19.9 Å². The van der Waals surface area contributed by atoms with Crippen LogP contribution in [0.4, 0.5) is 10.1 Å². The number of hydrogen-bond acceptors (Lipinski definition) is 5. The molecule has 1 aromatic heterocycles. The molecule has 0 saturated heterocycles. The Hall–Kier alpha value is -2.80. The van der Waals surface area contributed by atoms with Gasteiger partial charge in [0.2, 0.25) is 0 Å². The number of pyridine rings is 1. The number of carbonyl (C=O) groups is 1. The number of halogens is 2. The van der Waals surface area contributed by atoms with E-state index in [1.54, 1.807) is 12.1 Å². The largest absolute Gasteiger partial charge is 0.503 e. The Kier molecular flexibility index (Phi) is 6.46. The summed E-state index contributed by atoms with van der Waals surface area (Å²) in [5.41, 5.74) is -0.383. The van der Waals surface area contributed by atoms with Gasteiger partial charge in [0, 0.05) is 24.8 Å². The molecule has 1 aliphatic rings. The molecule has 1 saturated carbocycles. The van der Waals surface area contributed by atoms with Gasteiger partial charge in [-0.05, 0) is 30.4 Å². The van der Waals surface area contributed by atoms with Crippen LogP contribution in [0.25, 0.3) is 0 Å². The topological polar surface area (TPSA) is 80.7 Å². The maximum Gasteiger partial charge on any atom is 0.278 e. The smallest absolute Gasteiger partial charge is 0.278 e. The van der Waals surface area contributed by atoms with Gasteiger partial charge in [0.1, 0.15) is 17.7 Å². The molecule has 1 amide bonds. The first-order valence-corrected chi connectivity index (χ1v) is 10.3. The van der Waals surface area contributed by atoms with Gasteiger partial charge >= 0.3 is 0 Å². The van der Waals surface area contributed by atoms with Crippen LogP contribution in [0, 0.1) is 11.2 Å². The second kappa shape index (κ2) is 8.75. The molecule has 2 N–H and O–H groups in total. The molecule has 1 fully saturated rings. The van der Waals surface area contributed by atoms with E-state index in [4.69, 9.17) is 21.1 Å². The summed E-state index contributed by atoms with van der Waals surface area (Å²) < 4.78 is 25.6. The van der Waals surface area contributed by atoms with Crippen molar-refractivity contribution in [3.05, 3.63) is 54.6 Å². The minimum atomic E-state index is -0.768. The van der Waals surface area contributed by atoms with Crippen molar-refractivity contribution < 1.29 is 23.8 Å². The molecule has 166 valence electrons. The number of methoxy groups -OCH3 is 1. The van der Waals surface area contributed by atoms with Crippen LogP contribution in [0.15, 0.2) is 43.1 Å². The van der Waals surface area contributed by atoms with Crippen LogP contribution in [-0.2, 0) is 0 Å². The highest BCUT2D eigenvalue weighted by Crippen LogP contribution is 2.46. The molecule has 0 aliphatic heterocycles. The number of nitrogens with one attached hydrogen (secondary N) is 1. The number of hydrogen-bond donors (Lipinski definition) is 2. The predicted octanol–water partition coefficient (Wildman–Crippen LogP) is 5.31. The second-order valence-electron chi connectivity index (χ2n) is 8.53. The first-order chi connectivity index (χ1) is 14.6. The molecule has 2 atom stereocenters. The lowest BCUT2D eigenvalue weighted by Gasteiger charge is -2.43. The molecule has 1 aromatic carbocycles. The molecular weight excluding hydrogens is 423 g/mol. The third-order valence-corrected chi connectivity index (χ3v) is 5.74. The Balaban J connectivity index is 1.73. The van der Waals surface area contributed by atoms with E-state index < -0.39 is 22.3 Å². The highest BCUT2D eigenvalue weighted by molar-refractivity contribution is 6.25. The number of benzene rings is 1. The standard InChI is InChI=1S/C23H26ClFN2O4/c1-5-23(24)12-15(11-22(2,3)13-23)31-14-6-7-17(16(25)10-14)27-21(29)19-20(28)18(30-4)8-9-26-19/h5-10,15,28H,1,11-13H2,2-4H3,(H,27,29). The van der Waals surface area contributed by atoms with Gasteiger partial charge in [-0.25, -0.2) is 9.37 Å². The van der Waals surface area contributed by atoms with Crippen molar-refractivity contribution >= 4 is 23.2 Å².